The van der Waals surface area contributed by atoms with E-state index in [1.54, 1.807) is 31.5 Å². The van der Waals surface area contributed by atoms with Crippen molar-refractivity contribution in [1.82, 2.24) is 25.8 Å². The van der Waals surface area contributed by atoms with Gasteiger partial charge in [0.1, 0.15) is 16.2 Å². The van der Waals surface area contributed by atoms with Crippen LogP contribution in [-0.2, 0) is 20.7 Å². The number of barbiturate groups is 1. The Labute approximate surface area is 197 Å². The van der Waals surface area contributed by atoms with Crippen molar-refractivity contribution < 1.29 is 23.6 Å². The van der Waals surface area contributed by atoms with E-state index in [2.05, 4.69) is 20.8 Å². The number of nitrogens with zero attached hydrogens (tertiary/aromatic N) is 4. The molecule has 0 saturated carbocycles. The van der Waals surface area contributed by atoms with E-state index >= 15 is 0 Å². The van der Waals surface area contributed by atoms with E-state index in [0.717, 1.165) is 5.56 Å². The van der Waals surface area contributed by atoms with Gasteiger partial charge in [-0.15, -0.1) is 0 Å². The Morgan fingerprint density at radius 1 is 1.15 bits per heavy atom. The summed E-state index contributed by atoms with van der Waals surface area (Å²) < 4.78 is 11.6. The van der Waals surface area contributed by atoms with Gasteiger partial charge in [-0.1, -0.05) is 16.8 Å². The van der Waals surface area contributed by atoms with Crippen LogP contribution in [0.25, 0.3) is 22.4 Å². The molecule has 0 radical (unpaired) electrons. The number of fused-ring (bicyclic) bond motifs is 5. The van der Waals surface area contributed by atoms with Crippen molar-refractivity contribution in [1.29, 1.82) is 0 Å². The Bertz CT molecular complexity index is 1360. The van der Waals surface area contributed by atoms with Gasteiger partial charge in [-0.05, 0) is 26.0 Å². The van der Waals surface area contributed by atoms with Gasteiger partial charge in [0.25, 0.3) is 0 Å². The number of carbonyl (C=O) groups is 3. The minimum Gasteiger partial charge on any atom is -0.372 e. The average molecular weight is 483 g/mol. The number of morpholine rings is 1. The lowest BCUT2D eigenvalue weighted by Crippen LogP contribution is -2.75. The lowest BCUT2D eigenvalue weighted by molar-refractivity contribution is -0.153. The lowest BCUT2D eigenvalue weighted by atomic mass is 9.67. The average Bonchev–Trinajstić information content (AvgIpc) is 3.21. The number of carbonyl (C=O) groups excluding carboxylic acids is 3. The summed E-state index contributed by atoms with van der Waals surface area (Å²) in [6, 6.07) is 1.96. The highest BCUT2D eigenvalue weighted by atomic mass is 35.5. The molecule has 2 N–H and O–H groups in total. The summed E-state index contributed by atoms with van der Waals surface area (Å²) in [5, 5.41) is 8.99. The maximum Gasteiger partial charge on any atom is 0.328 e. The van der Waals surface area contributed by atoms with Crippen molar-refractivity contribution in [3.8, 4) is 11.3 Å². The Morgan fingerprint density at radius 3 is 2.56 bits per heavy atom. The fraction of sp³-hybridized carbons (Fsp3) is 0.364. The first kappa shape index (κ1) is 21.0. The van der Waals surface area contributed by atoms with E-state index in [1.165, 1.54) is 0 Å². The molecule has 3 aliphatic rings. The summed E-state index contributed by atoms with van der Waals surface area (Å²) in [5.74, 6) is -1.38. The molecular weight excluding hydrogens is 464 g/mol. The molecule has 6 heterocycles. The van der Waals surface area contributed by atoms with Gasteiger partial charge in [0.15, 0.2) is 5.41 Å². The standard InChI is InChI=1S/C22H19ClN6O5/c1-9-8-29-16-12(7-22(18(29)10(2)33-9)19(30)26-21(32)27-20(22)31)25-15-14(11-3-5-24-6-4-11)28-34-17(15)13(16)23/h3-6,9-10,18H,7-8H2,1-2H3,(H2,26,27,30,31,32)/t9-,10+,18-/m1/s1. The Hall–Kier alpha value is -3.57. The van der Waals surface area contributed by atoms with Crippen molar-refractivity contribution in [2.45, 2.75) is 38.5 Å². The van der Waals surface area contributed by atoms with Gasteiger partial charge in [0.2, 0.25) is 17.4 Å². The first-order chi connectivity index (χ1) is 16.3. The van der Waals surface area contributed by atoms with Gasteiger partial charge in [-0.2, -0.15) is 0 Å². The summed E-state index contributed by atoms with van der Waals surface area (Å²) in [6.07, 6.45) is 2.45. The molecule has 0 aromatic carbocycles. The third-order valence-corrected chi connectivity index (χ3v) is 7.08. The summed E-state index contributed by atoms with van der Waals surface area (Å²) in [4.78, 5) is 49.2. The lowest BCUT2D eigenvalue weighted by Gasteiger charge is -2.55. The molecule has 174 valence electrons. The molecule has 0 bridgehead atoms. The van der Waals surface area contributed by atoms with Gasteiger partial charge in [-0.3, -0.25) is 25.2 Å². The molecule has 12 heteroatoms. The first-order valence-corrected chi connectivity index (χ1v) is 11.2. The molecule has 1 spiro atoms. The van der Waals surface area contributed by atoms with Crippen molar-refractivity contribution in [3.05, 3.63) is 35.2 Å². The van der Waals surface area contributed by atoms with E-state index in [-0.39, 0.29) is 12.5 Å². The van der Waals surface area contributed by atoms with E-state index in [1.807, 2.05) is 11.8 Å². The summed E-state index contributed by atoms with van der Waals surface area (Å²) in [6.45, 7) is 4.05. The summed E-state index contributed by atoms with van der Waals surface area (Å²) in [7, 11) is 0. The number of ether oxygens (including phenoxy) is 1. The number of anilines is 1. The van der Waals surface area contributed by atoms with E-state index in [0.29, 0.717) is 39.7 Å². The number of nitrogens with one attached hydrogen (secondary N) is 2. The molecule has 4 amide bonds. The Balaban J connectivity index is 1.61. The molecule has 34 heavy (non-hydrogen) atoms. The maximum absolute atomic E-state index is 13.3. The molecule has 11 nitrogen and oxygen atoms in total. The van der Waals surface area contributed by atoms with Crippen molar-refractivity contribution >= 4 is 46.2 Å². The zero-order chi connectivity index (χ0) is 23.8. The third kappa shape index (κ3) is 2.74. The monoisotopic (exact) mass is 482 g/mol. The topological polar surface area (TPSA) is 140 Å². The Kier molecular flexibility index (Phi) is 4.45. The van der Waals surface area contributed by atoms with Crippen LogP contribution >= 0.6 is 11.6 Å². The predicted molar refractivity (Wildman–Crippen MR) is 119 cm³/mol. The molecular formula is C22H19ClN6O5. The highest BCUT2D eigenvalue weighted by Crippen LogP contribution is 2.50. The van der Waals surface area contributed by atoms with E-state index in [9.17, 15) is 14.4 Å². The quantitative estimate of drug-likeness (QED) is 0.497. The number of hydrogen-bond donors (Lipinski definition) is 2. The van der Waals surface area contributed by atoms with Crippen LogP contribution in [0.2, 0.25) is 5.02 Å². The number of aromatic nitrogens is 3. The molecule has 0 aliphatic carbocycles. The van der Waals surface area contributed by atoms with Crippen molar-refractivity contribution in [2.75, 3.05) is 11.4 Å². The smallest absolute Gasteiger partial charge is 0.328 e. The van der Waals surface area contributed by atoms with Crippen molar-refractivity contribution in [3.63, 3.8) is 0 Å². The van der Waals surface area contributed by atoms with Gasteiger partial charge < -0.3 is 14.2 Å². The largest absolute Gasteiger partial charge is 0.372 e. The van der Waals surface area contributed by atoms with Crippen LogP contribution in [0, 0.1) is 5.41 Å². The van der Waals surface area contributed by atoms with E-state index in [4.69, 9.17) is 25.8 Å². The second-order valence-electron chi connectivity index (χ2n) is 8.80. The van der Waals surface area contributed by atoms with Crippen LogP contribution in [0.1, 0.15) is 19.5 Å². The molecule has 2 saturated heterocycles. The molecule has 0 unspecified atom stereocenters. The summed E-state index contributed by atoms with van der Waals surface area (Å²) in [5.41, 5.74) is 1.28. The highest BCUT2D eigenvalue weighted by molar-refractivity contribution is 6.38. The van der Waals surface area contributed by atoms with E-state index < -0.39 is 35.4 Å². The number of rotatable bonds is 1. The number of hydrogen-bond acceptors (Lipinski definition) is 9. The minimum atomic E-state index is -1.64. The molecule has 2 fully saturated rings. The highest BCUT2D eigenvalue weighted by Gasteiger charge is 2.63. The fourth-order valence-electron chi connectivity index (χ4n) is 5.46. The van der Waals surface area contributed by atoms with Crippen LogP contribution < -0.4 is 15.5 Å². The summed E-state index contributed by atoms with van der Waals surface area (Å²) >= 11 is 6.88. The predicted octanol–water partition coefficient (Wildman–Crippen LogP) is 1.83. The zero-order valence-corrected chi connectivity index (χ0v) is 18.9. The van der Waals surface area contributed by atoms with Crippen LogP contribution in [0.15, 0.2) is 29.0 Å². The minimum absolute atomic E-state index is 0.0762. The van der Waals surface area contributed by atoms with Crippen LogP contribution in [0.4, 0.5) is 10.5 Å². The van der Waals surface area contributed by atoms with Crippen LogP contribution in [-0.4, -0.2) is 57.8 Å². The van der Waals surface area contributed by atoms with Gasteiger partial charge in [-0.25, -0.2) is 9.78 Å². The van der Waals surface area contributed by atoms with Crippen LogP contribution in [0.3, 0.4) is 0 Å². The second-order valence-corrected chi connectivity index (χ2v) is 9.18. The number of imide groups is 2. The third-order valence-electron chi connectivity index (χ3n) is 6.73. The molecule has 6 rings (SSSR count). The normalized spacial score (nSPS) is 25.7. The molecule has 3 atom stereocenters. The SMILES string of the molecule is C[C@@H]1CN2c3c(nc4c(-c5ccncc5)noc4c3Cl)CC3(C(=O)NC(=O)NC3=O)[C@H]2[C@H](C)O1. The van der Waals surface area contributed by atoms with Gasteiger partial charge >= 0.3 is 6.03 Å². The molecule has 3 aliphatic heterocycles. The van der Waals surface area contributed by atoms with Gasteiger partial charge in [0, 0.05) is 30.9 Å². The fourth-order valence-corrected chi connectivity index (χ4v) is 5.80. The molecule has 3 aromatic heterocycles. The first-order valence-electron chi connectivity index (χ1n) is 10.8. The maximum atomic E-state index is 13.3. The zero-order valence-electron chi connectivity index (χ0n) is 18.2. The number of pyridine rings is 2. The van der Waals surface area contributed by atoms with Gasteiger partial charge in [0.05, 0.1) is 29.6 Å². The number of amides is 4. The number of urea groups is 1. The van der Waals surface area contributed by atoms with Crippen molar-refractivity contribution in [2.24, 2.45) is 5.41 Å². The van der Waals surface area contributed by atoms with Crippen LogP contribution in [0.5, 0.6) is 0 Å². The second kappa shape index (κ2) is 7.21. The Morgan fingerprint density at radius 2 is 1.85 bits per heavy atom. The molecule has 3 aromatic rings. The number of halogens is 1.